The van der Waals surface area contributed by atoms with Crippen molar-refractivity contribution in [3.8, 4) is 0 Å². The zero-order chi connectivity index (χ0) is 19.7. The van der Waals surface area contributed by atoms with Crippen LogP contribution in [0.1, 0.15) is 41.0 Å². The second-order valence-electron chi connectivity index (χ2n) is 7.36. The van der Waals surface area contributed by atoms with Crippen molar-refractivity contribution in [1.29, 1.82) is 0 Å². The first kappa shape index (κ1) is 18.9. The maximum Gasteiger partial charge on any atom is 0.272 e. The molecular formula is C17H22N6O4S. The minimum atomic E-state index is -3.14. The molecule has 10 nitrogen and oxygen atoms in total. The molecule has 0 spiro atoms. The maximum absolute atomic E-state index is 12.3. The predicted octanol–water partition coefficient (Wildman–Crippen LogP) is 0.313. The van der Waals surface area contributed by atoms with E-state index in [1.807, 2.05) is 0 Å². The standard InChI is InChI=1S/C17H22N6O4S/c1-28(25,26)23-6-3-13(4-7-23)16-20-15(27-21-16)8-12-9-22(10-12)17(24)14-2-5-18-11-19-14/h2,5,11-13H,3-4,6-10H2,1H3. The van der Waals surface area contributed by atoms with Gasteiger partial charge in [0, 0.05) is 50.6 Å². The van der Waals surface area contributed by atoms with E-state index in [0.717, 1.165) is 0 Å². The first-order valence-electron chi connectivity index (χ1n) is 9.23. The molecule has 2 saturated heterocycles. The maximum atomic E-state index is 12.3. The van der Waals surface area contributed by atoms with Gasteiger partial charge in [-0.05, 0) is 18.9 Å². The summed E-state index contributed by atoms with van der Waals surface area (Å²) in [4.78, 5) is 26.3. The van der Waals surface area contributed by atoms with Crippen LogP contribution in [0.15, 0.2) is 23.1 Å². The van der Waals surface area contributed by atoms with Crippen LogP contribution < -0.4 is 0 Å². The van der Waals surface area contributed by atoms with Crippen LogP contribution in [0.5, 0.6) is 0 Å². The van der Waals surface area contributed by atoms with Crippen molar-refractivity contribution in [2.45, 2.75) is 25.2 Å². The van der Waals surface area contributed by atoms with Gasteiger partial charge in [-0.1, -0.05) is 5.16 Å². The first-order chi connectivity index (χ1) is 13.4. The molecule has 2 aliphatic rings. The molecule has 0 aliphatic carbocycles. The lowest BCUT2D eigenvalue weighted by molar-refractivity contribution is 0.0480. The summed E-state index contributed by atoms with van der Waals surface area (Å²) in [5.41, 5.74) is 0.397. The SMILES string of the molecule is CS(=O)(=O)N1CCC(c2noc(CC3CN(C(=O)c4ccncn4)C3)n2)CC1. The van der Waals surface area contributed by atoms with E-state index in [4.69, 9.17) is 4.52 Å². The molecule has 0 radical (unpaired) electrons. The van der Waals surface area contributed by atoms with Crippen molar-refractivity contribution >= 4 is 15.9 Å². The van der Waals surface area contributed by atoms with E-state index in [2.05, 4.69) is 20.1 Å². The molecule has 2 aromatic heterocycles. The number of carbonyl (C=O) groups excluding carboxylic acids is 1. The lowest BCUT2D eigenvalue weighted by Gasteiger charge is -2.38. The van der Waals surface area contributed by atoms with E-state index in [1.165, 1.54) is 16.9 Å². The van der Waals surface area contributed by atoms with E-state index < -0.39 is 10.0 Å². The number of piperidine rings is 1. The van der Waals surface area contributed by atoms with Crippen LogP contribution in [-0.4, -0.2) is 76.1 Å². The molecule has 28 heavy (non-hydrogen) atoms. The second-order valence-corrected chi connectivity index (χ2v) is 9.34. The Bertz CT molecular complexity index is 934. The topological polar surface area (TPSA) is 122 Å². The van der Waals surface area contributed by atoms with Crippen LogP contribution in [0.25, 0.3) is 0 Å². The lowest BCUT2D eigenvalue weighted by atomic mass is 9.95. The Hall–Kier alpha value is -2.40. The molecule has 2 fully saturated rings. The fourth-order valence-electron chi connectivity index (χ4n) is 3.65. The van der Waals surface area contributed by atoms with Crippen LogP contribution in [-0.2, 0) is 16.4 Å². The minimum Gasteiger partial charge on any atom is -0.339 e. The van der Waals surface area contributed by atoms with Gasteiger partial charge in [0.05, 0.1) is 6.26 Å². The van der Waals surface area contributed by atoms with Gasteiger partial charge in [-0.15, -0.1) is 0 Å². The van der Waals surface area contributed by atoms with Gasteiger partial charge in [0.25, 0.3) is 5.91 Å². The number of sulfonamides is 1. The summed E-state index contributed by atoms with van der Waals surface area (Å²) >= 11 is 0. The number of carbonyl (C=O) groups is 1. The third-order valence-electron chi connectivity index (χ3n) is 5.28. The van der Waals surface area contributed by atoms with Gasteiger partial charge in [-0.25, -0.2) is 22.7 Å². The largest absolute Gasteiger partial charge is 0.339 e. The van der Waals surface area contributed by atoms with Crippen molar-refractivity contribution in [3.63, 3.8) is 0 Å². The summed E-state index contributed by atoms with van der Waals surface area (Å²) in [6.45, 7) is 2.23. The number of aromatic nitrogens is 4. The Morgan fingerprint density at radius 1 is 1.29 bits per heavy atom. The fraction of sp³-hybridized carbons (Fsp3) is 0.588. The Morgan fingerprint density at radius 3 is 2.68 bits per heavy atom. The first-order valence-corrected chi connectivity index (χ1v) is 11.1. The van der Waals surface area contributed by atoms with E-state index >= 15 is 0 Å². The van der Waals surface area contributed by atoms with Crippen LogP contribution in [0.4, 0.5) is 0 Å². The Kier molecular flexibility index (Phi) is 5.11. The average molecular weight is 406 g/mol. The predicted molar refractivity (Wildman–Crippen MR) is 97.8 cm³/mol. The molecule has 0 unspecified atom stereocenters. The number of amides is 1. The molecule has 11 heteroatoms. The summed E-state index contributed by atoms with van der Waals surface area (Å²) in [5, 5.41) is 4.09. The molecular weight excluding hydrogens is 384 g/mol. The lowest BCUT2D eigenvalue weighted by Crippen LogP contribution is -2.51. The molecule has 4 heterocycles. The molecule has 0 saturated carbocycles. The number of hydrogen-bond acceptors (Lipinski definition) is 8. The molecule has 4 rings (SSSR count). The Morgan fingerprint density at radius 2 is 2.04 bits per heavy atom. The second kappa shape index (κ2) is 7.55. The molecule has 0 atom stereocenters. The Balaban J connectivity index is 1.27. The van der Waals surface area contributed by atoms with E-state index in [-0.39, 0.29) is 17.7 Å². The molecule has 0 N–H and O–H groups in total. The molecule has 2 aromatic rings. The molecule has 2 aliphatic heterocycles. The highest BCUT2D eigenvalue weighted by Crippen LogP contribution is 2.28. The normalized spacial score (nSPS) is 19.5. The van der Waals surface area contributed by atoms with Gasteiger partial charge in [0.15, 0.2) is 5.82 Å². The summed E-state index contributed by atoms with van der Waals surface area (Å²) in [6, 6.07) is 1.61. The highest BCUT2D eigenvalue weighted by atomic mass is 32.2. The summed E-state index contributed by atoms with van der Waals surface area (Å²) in [6.07, 6.45) is 6.16. The molecule has 150 valence electrons. The van der Waals surface area contributed by atoms with Crippen LogP contribution >= 0.6 is 0 Å². The number of hydrogen-bond donors (Lipinski definition) is 0. The zero-order valence-electron chi connectivity index (χ0n) is 15.6. The van der Waals surface area contributed by atoms with Crippen molar-refractivity contribution < 1.29 is 17.7 Å². The van der Waals surface area contributed by atoms with E-state index in [1.54, 1.807) is 17.2 Å². The number of rotatable bonds is 5. The highest BCUT2D eigenvalue weighted by molar-refractivity contribution is 7.88. The summed E-state index contributed by atoms with van der Waals surface area (Å²) in [5.74, 6) is 1.53. The van der Waals surface area contributed by atoms with Gasteiger partial charge in [0.2, 0.25) is 15.9 Å². The van der Waals surface area contributed by atoms with Crippen molar-refractivity contribution in [2.75, 3.05) is 32.4 Å². The van der Waals surface area contributed by atoms with Crippen molar-refractivity contribution in [2.24, 2.45) is 5.92 Å². The third-order valence-corrected chi connectivity index (χ3v) is 6.58. The van der Waals surface area contributed by atoms with Crippen molar-refractivity contribution in [3.05, 3.63) is 36.0 Å². The minimum absolute atomic E-state index is 0.0949. The van der Waals surface area contributed by atoms with Gasteiger partial charge in [-0.2, -0.15) is 4.98 Å². The molecule has 1 amide bonds. The van der Waals surface area contributed by atoms with Gasteiger partial charge >= 0.3 is 0 Å². The van der Waals surface area contributed by atoms with Gasteiger partial charge in [-0.3, -0.25) is 4.79 Å². The molecule has 0 aromatic carbocycles. The smallest absolute Gasteiger partial charge is 0.272 e. The quantitative estimate of drug-likeness (QED) is 0.695. The third kappa shape index (κ3) is 4.04. The van der Waals surface area contributed by atoms with E-state index in [9.17, 15) is 13.2 Å². The van der Waals surface area contributed by atoms with Crippen LogP contribution in [0, 0.1) is 5.92 Å². The van der Waals surface area contributed by atoms with Crippen LogP contribution in [0.2, 0.25) is 0 Å². The summed E-state index contributed by atoms with van der Waals surface area (Å²) < 4.78 is 30.1. The monoisotopic (exact) mass is 406 g/mol. The van der Waals surface area contributed by atoms with Gasteiger partial charge in [0.1, 0.15) is 12.0 Å². The average Bonchev–Trinajstić information content (AvgIpc) is 3.13. The van der Waals surface area contributed by atoms with E-state index in [0.29, 0.717) is 62.9 Å². The van der Waals surface area contributed by atoms with Crippen LogP contribution in [0.3, 0.4) is 0 Å². The summed E-state index contributed by atoms with van der Waals surface area (Å²) in [7, 11) is -3.14. The number of likely N-dealkylation sites (tertiary alicyclic amines) is 1. The van der Waals surface area contributed by atoms with Crippen molar-refractivity contribution in [1.82, 2.24) is 29.3 Å². The zero-order valence-corrected chi connectivity index (χ0v) is 16.4. The molecule has 0 bridgehead atoms. The van der Waals surface area contributed by atoms with Gasteiger partial charge < -0.3 is 9.42 Å². The number of nitrogens with zero attached hydrogens (tertiary/aromatic N) is 6. The fourth-order valence-corrected chi connectivity index (χ4v) is 4.53. The highest BCUT2D eigenvalue weighted by Gasteiger charge is 2.34. The Labute approximate surface area is 163 Å².